The fourth-order valence-corrected chi connectivity index (χ4v) is 5.26. The van der Waals surface area contributed by atoms with Crippen LogP contribution in [0.1, 0.15) is 68.6 Å². The standard InChI is InChI=1S/C28H29Cl2F3N4O5/c1-5-41-26(39)18(11-14(2)3)34-22(38)13-21-25-35-36-27(28(31,32)33)37(25)19-10-9-15(29)12-17(19)24(42-21)16-7-6-8-20(40-4)23(16)30/h6-10,12,14,18,21,24H,5,11,13H2,1-4H3,(H,34,38)/t18-,21+,24+/m0/s1. The summed E-state index contributed by atoms with van der Waals surface area (Å²) >= 11 is 12.9. The van der Waals surface area contributed by atoms with E-state index in [1.165, 1.54) is 25.3 Å². The van der Waals surface area contributed by atoms with Crippen molar-refractivity contribution in [3.05, 3.63) is 69.2 Å². The van der Waals surface area contributed by atoms with Crippen molar-refractivity contribution in [1.82, 2.24) is 20.1 Å². The molecule has 1 amide bonds. The molecular formula is C28H29Cl2F3N4O5. The van der Waals surface area contributed by atoms with E-state index in [0.29, 0.717) is 11.3 Å². The summed E-state index contributed by atoms with van der Waals surface area (Å²) in [5.41, 5.74) is 0.639. The molecule has 4 rings (SSSR count). The number of nitrogens with zero attached hydrogens (tertiary/aromatic N) is 3. The number of carbonyl (C=O) groups excluding carboxylic acids is 2. The topological polar surface area (TPSA) is 105 Å². The molecule has 14 heteroatoms. The van der Waals surface area contributed by atoms with E-state index >= 15 is 0 Å². The predicted molar refractivity (Wildman–Crippen MR) is 148 cm³/mol. The van der Waals surface area contributed by atoms with Crippen molar-refractivity contribution in [2.45, 2.75) is 58.0 Å². The number of aromatic nitrogens is 3. The lowest BCUT2D eigenvalue weighted by atomic mass is 9.99. The highest BCUT2D eigenvalue weighted by Gasteiger charge is 2.44. The summed E-state index contributed by atoms with van der Waals surface area (Å²) in [6.45, 7) is 5.50. The van der Waals surface area contributed by atoms with Gasteiger partial charge in [-0.05, 0) is 43.5 Å². The van der Waals surface area contributed by atoms with Gasteiger partial charge in [0.1, 0.15) is 24.0 Å². The molecule has 0 bridgehead atoms. The number of nitrogens with one attached hydrogen (secondary N) is 1. The second-order valence-electron chi connectivity index (χ2n) is 9.99. The highest BCUT2D eigenvalue weighted by molar-refractivity contribution is 6.33. The highest BCUT2D eigenvalue weighted by atomic mass is 35.5. The van der Waals surface area contributed by atoms with Crippen LogP contribution in [0.4, 0.5) is 13.2 Å². The van der Waals surface area contributed by atoms with Crippen LogP contribution in [0, 0.1) is 5.92 Å². The first kappa shape index (κ1) is 31.6. The number of ether oxygens (including phenoxy) is 3. The third-order valence-corrected chi connectivity index (χ3v) is 7.16. The SMILES string of the molecule is CCOC(=O)[C@H](CC(C)C)NC(=O)C[C@H]1O[C@H](c2cccc(OC)c2Cl)c2cc(Cl)ccc2-n2c1nnc2C(F)(F)F. The van der Waals surface area contributed by atoms with Crippen molar-refractivity contribution < 1.29 is 37.0 Å². The Balaban J connectivity index is 1.84. The van der Waals surface area contributed by atoms with Crippen LogP contribution in [0.15, 0.2) is 36.4 Å². The Labute approximate surface area is 250 Å². The number of halogens is 5. The van der Waals surface area contributed by atoms with Gasteiger partial charge in [0.2, 0.25) is 11.7 Å². The van der Waals surface area contributed by atoms with Crippen LogP contribution in [0.2, 0.25) is 10.0 Å². The molecule has 1 aliphatic rings. The van der Waals surface area contributed by atoms with E-state index in [9.17, 15) is 22.8 Å². The molecule has 1 N–H and O–H groups in total. The van der Waals surface area contributed by atoms with E-state index in [0.717, 1.165) is 4.57 Å². The number of amides is 1. The summed E-state index contributed by atoms with van der Waals surface area (Å²) in [7, 11) is 1.42. The van der Waals surface area contributed by atoms with E-state index in [1.807, 2.05) is 13.8 Å². The monoisotopic (exact) mass is 628 g/mol. The van der Waals surface area contributed by atoms with Crippen LogP contribution in [-0.4, -0.2) is 46.4 Å². The van der Waals surface area contributed by atoms with Crippen LogP contribution in [0.3, 0.4) is 0 Å². The average molecular weight is 629 g/mol. The third kappa shape index (κ3) is 6.66. The lowest BCUT2D eigenvalue weighted by molar-refractivity contribution is -0.148. The van der Waals surface area contributed by atoms with Gasteiger partial charge in [-0.15, -0.1) is 10.2 Å². The Bertz CT molecular complexity index is 1460. The van der Waals surface area contributed by atoms with Gasteiger partial charge >= 0.3 is 12.1 Å². The van der Waals surface area contributed by atoms with Gasteiger partial charge in [0.15, 0.2) is 5.82 Å². The zero-order valence-corrected chi connectivity index (χ0v) is 24.7. The van der Waals surface area contributed by atoms with Crippen molar-refractivity contribution in [2.24, 2.45) is 5.92 Å². The minimum Gasteiger partial charge on any atom is -0.495 e. The van der Waals surface area contributed by atoms with Crippen LogP contribution in [-0.2, 0) is 25.2 Å². The molecule has 1 aliphatic heterocycles. The van der Waals surface area contributed by atoms with Gasteiger partial charge < -0.3 is 19.5 Å². The van der Waals surface area contributed by atoms with Crippen LogP contribution in [0.5, 0.6) is 5.75 Å². The second kappa shape index (κ2) is 12.9. The zero-order chi connectivity index (χ0) is 30.8. The van der Waals surface area contributed by atoms with E-state index < -0.39 is 48.5 Å². The average Bonchev–Trinajstić information content (AvgIpc) is 3.32. The molecule has 9 nitrogen and oxygen atoms in total. The predicted octanol–water partition coefficient (Wildman–Crippen LogP) is 6.25. The molecule has 0 fully saturated rings. The highest BCUT2D eigenvalue weighted by Crippen LogP contribution is 2.46. The maximum atomic E-state index is 14.2. The number of methoxy groups -OCH3 is 1. The summed E-state index contributed by atoms with van der Waals surface area (Å²) in [5, 5.41) is 10.3. The van der Waals surface area contributed by atoms with Crippen LogP contribution in [0.25, 0.3) is 5.69 Å². The first-order valence-corrected chi connectivity index (χ1v) is 13.9. The first-order valence-electron chi connectivity index (χ1n) is 13.1. The number of alkyl halides is 3. The summed E-state index contributed by atoms with van der Waals surface area (Å²) in [4.78, 5) is 25.9. The quantitative estimate of drug-likeness (QED) is 0.279. The lowest BCUT2D eigenvalue weighted by Crippen LogP contribution is -2.43. The minimum absolute atomic E-state index is 0.0325. The Morgan fingerprint density at radius 1 is 1.14 bits per heavy atom. The fourth-order valence-electron chi connectivity index (χ4n) is 4.78. The van der Waals surface area contributed by atoms with Gasteiger partial charge in [-0.2, -0.15) is 13.2 Å². The molecule has 3 aromatic rings. The minimum atomic E-state index is -4.89. The summed E-state index contributed by atoms with van der Waals surface area (Å²) in [6.07, 6.45) is -7.55. The van der Waals surface area contributed by atoms with Crippen molar-refractivity contribution >= 4 is 35.1 Å². The molecule has 0 saturated heterocycles. The molecule has 0 saturated carbocycles. The number of rotatable bonds is 9. The smallest absolute Gasteiger partial charge is 0.452 e. The van der Waals surface area contributed by atoms with Crippen LogP contribution >= 0.6 is 23.2 Å². The second-order valence-corrected chi connectivity index (χ2v) is 10.8. The summed E-state index contributed by atoms with van der Waals surface area (Å²) < 4.78 is 60.2. The van der Waals surface area contributed by atoms with Gasteiger partial charge in [-0.25, -0.2) is 4.79 Å². The lowest BCUT2D eigenvalue weighted by Gasteiger charge is -2.25. The summed E-state index contributed by atoms with van der Waals surface area (Å²) in [6, 6.07) is 8.22. The normalized spacial score (nSPS) is 17.2. The molecule has 3 atom stereocenters. The third-order valence-electron chi connectivity index (χ3n) is 6.52. The van der Waals surface area contributed by atoms with Crippen molar-refractivity contribution in [3.63, 3.8) is 0 Å². The van der Waals surface area contributed by atoms with E-state index in [2.05, 4.69) is 15.5 Å². The van der Waals surface area contributed by atoms with Gasteiger partial charge in [0, 0.05) is 16.1 Å². The number of benzene rings is 2. The van der Waals surface area contributed by atoms with Crippen molar-refractivity contribution in [2.75, 3.05) is 13.7 Å². The van der Waals surface area contributed by atoms with E-state index in [4.69, 9.17) is 37.4 Å². The number of carbonyl (C=O) groups is 2. The van der Waals surface area contributed by atoms with E-state index in [-0.39, 0.29) is 46.1 Å². The Kier molecular flexibility index (Phi) is 9.69. The molecule has 0 radical (unpaired) electrons. The largest absolute Gasteiger partial charge is 0.495 e. The molecule has 226 valence electrons. The fraction of sp³-hybridized carbons (Fsp3) is 0.429. The number of esters is 1. The van der Waals surface area contributed by atoms with Gasteiger partial charge in [-0.3, -0.25) is 9.36 Å². The molecule has 42 heavy (non-hydrogen) atoms. The molecule has 0 spiro atoms. The van der Waals surface area contributed by atoms with Crippen molar-refractivity contribution in [1.29, 1.82) is 0 Å². The van der Waals surface area contributed by atoms with Gasteiger partial charge in [0.25, 0.3) is 0 Å². The Hall–Kier alpha value is -3.35. The van der Waals surface area contributed by atoms with Crippen molar-refractivity contribution in [3.8, 4) is 11.4 Å². The molecule has 1 aromatic heterocycles. The Morgan fingerprint density at radius 3 is 2.52 bits per heavy atom. The zero-order valence-electron chi connectivity index (χ0n) is 23.2. The molecular weight excluding hydrogens is 600 g/mol. The summed E-state index contributed by atoms with van der Waals surface area (Å²) in [5.74, 6) is -2.52. The molecule has 0 unspecified atom stereocenters. The van der Waals surface area contributed by atoms with Gasteiger partial charge in [0.05, 0.1) is 30.8 Å². The first-order chi connectivity index (χ1) is 19.8. The number of hydrogen-bond donors (Lipinski definition) is 1. The molecule has 2 aromatic carbocycles. The van der Waals surface area contributed by atoms with Gasteiger partial charge in [-0.1, -0.05) is 49.2 Å². The number of fused-ring (bicyclic) bond motifs is 3. The molecule has 0 aliphatic carbocycles. The molecule has 2 heterocycles. The van der Waals surface area contributed by atoms with Crippen LogP contribution < -0.4 is 10.1 Å². The number of hydrogen-bond acceptors (Lipinski definition) is 7. The van der Waals surface area contributed by atoms with E-state index in [1.54, 1.807) is 25.1 Å². The Morgan fingerprint density at radius 2 is 1.88 bits per heavy atom. The maximum Gasteiger partial charge on any atom is 0.452 e. The maximum absolute atomic E-state index is 14.2.